The van der Waals surface area contributed by atoms with E-state index >= 15 is 0 Å². The van der Waals surface area contributed by atoms with Gasteiger partial charge in [-0.25, -0.2) is 4.98 Å². The van der Waals surface area contributed by atoms with Crippen LogP contribution >= 0.6 is 0 Å². The van der Waals surface area contributed by atoms with Crippen molar-refractivity contribution in [1.82, 2.24) is 19.4 Å². The van der Waals surface area contributed by atoms with Crippen molar-refractivity contribution in [1.29, 1.82) is 0 Å². The minimum atomic E-state index is 0.0431. The lowest BCUT2D eigenvalue weighted by molar-refractivity contribution is -0.134. The van der Waals surface area contributed by atoms with Crippen molar-refractivity contribution >= 4 is 16.9 Å². The molecule has 0 unspecified atom stereocenters. The summed E-state index contributed by atoms with van der Waals surface area (Å²) < 4.78 is 7.84. The van der Waals surface area contributed by atoms with Crippen LogP contribution in [0.4, 0.5) is 0 Å². The van der Waals surface area contributed by atoms with Gasteiger partial charge in [-0.2, -0.15) is 0 Å². The number of piperidine rings is 1. The summed E-state index contributed by atoms with van der Waals surface area (Å²) in [4.78, 5) is 22.9. The van der Waals surface area contributed by atoms with E-state index in [1.54, 1.807) is 18.5 Å². The Morgan fingerprint density at radius 2 is 2.00 bits per heavy atom. The molecule has 27 heavy (non-hydrogen) atoms. The van der Waals surface area contributed by atoms with Crippen LogP contribution in [0, 0.1) is 12.8 Å². The van der Waals surface area contributed by atoms with Crippen LogP contribution in [0.3, 0.4) is 0 Å². The quantitative estimate of drug-likeness (QED) is 0.698. The molecule has 1 fully saturated rings. The molecule has 0 aliphatic carbocycles. The zero-order valence-corrected chi connectivity index (χ0v) is 15.5. The number of carbonyl (C=O) groups excluding carboxylic acids is 1. The second kappa shape index (κ2) is 7.78. The molecule has 3 aromatic rings. The lowest BCUT2D eigenvalue weighted by Crippen LogP contribution is -2.41. The van der Waals surface area contributed by atoms with Gasteiger partial charge >= 0.3 is 0 Å². The van der Waals surface area contributed by atoms with Gasteiger partial charge in [0, 0.05) is 25.8 Å². The largest absolute Gasteiger partial charge is 0.482 e. The van der Waals surface area contributed by atoms with Gasteiger partial charge in [-0.3, -0.25) is 9.78 Å². The van der Waals surface area contributed by atoms with Gasteiger partial charge in [-0.1, -0.05) is 12.1 Å². The Morgan fingerprint density at radius 1 is 1.19 bits per heavy atom. The molecule has 1 aromatic carbocycles. The molecular formula is C21H24N4O2. The topological polar surface area (TPSA) is 60.2 Å². The van der Waals surface area contributed by atoms with E-state index in [2.05, 4.69) is 39.7 Å². The molecule has 6 nitrogen and oxygen atoms in total. The van der Waals surface area contributed by atoms with E-state index in [4.69, 9.17) is 4.74 Å². The minimum absolute atomic E-state index is 0.0431. The van der Waals surface area contributed by atoms with Gasteiger partial charge in [-0.15, -0.1) is 0 Å². The SMILES string of the molecule is Cc1nc2ccccc2n1CC1CCN(C(=O)COc2cccnc2)CC1. The molecule has 0 atom stereocenters. The number of likely N-dealkylation sites (tertiary alicyclic amines) is 1. The molecular weight excluding hydrogens is 340 g/mol. The number of benzene rings is 1. The number of hydrogen-bond donors (Lipinski definition) is 0. The molecule has 0 bridgehead atoms. The van der Waals surface area contributed by atoms with E-state index in [-0.39, 0.29) is 12.5 Å². The standard InChI is InChI=1S/C21H24N4O2/c1-16-23-19-6-2-3-7-20(19)25(16)14-17-8-11-24(12-9-17)21(26)15-27-18-5-4-10-22-13-18/h2-7,10,13,17H,8-9,11-12,14-15H2,1H3. The summed E-state index contributed by atoms with van der Waals surface area (Å²) in [5.41, 5.74) is 2.24. The molecule has 1 amide bonds. The molecule has 4 rings (SSSR count). The Bertz CT molecular complexity index is 914. The Balaban J connectivity index is 1.31. The maximum absolute atomic E-state index is 12.4. The second-order valence-electron chi connectivity index (χ2n) is 7.06. The van der Waals surface area contributed by atoms with Crippen molar-refractivity contribution in [2.45, 2.75) is 26.3 Å². The predicted octanol–water partition coefficient (Wildman–Crippen LogP) is 3.06. The van der Waals surface area contributed by atoms with Crippen LogP contribution < -0.4 is 4.74 Å². The molecule has 0 N–H and O–H groups in total. The van der Waals surface area contributed by atoms with E-state index in [1.165, 1.54) is 5.52 Å². The molecule has 0 radical (unpaired) electrons. The Kier molecular flexibility index (Phi) is 5.05. The van der Waals surface area contributed by atoms with Crippen molar-refractivity contribution in [3.8, 4) is 5.75 Å². The number of rotatable bonds is 5. The molecule has 0 spiro atoms. The molecule has 140 valence electrons. The van der Waals surface area contributed by atoms with Gasteiger partial charge in [0.25, 0.3) is 5.91 Å². The first-order chi connectivity index (χ1) is 13.2. The van der Waals surface area contributed by atoms with Crippen molar-refractivity contribution in [2.24, 2.45) is 5.92 Å². The summed E-state index contributed by atoms with van der Waals surface area (Å²) in [6, 6.07) is 11.9. The fraction of sp³-hybridized carbons (Fsp3) is 0.381. The average Bonchev–Trinajstić information content (AvgIpc) is 3.03. The van der Waals surface area contributed by atoms with Crippen LogP contribution in [0.5, 0.6) is 5.75 Å². The van der Waals surface area contributed by atoms with Crippen LogP contribution in [0.15, 0.2) is 48.8 Å². The highest BCUT2D eigenvalue weighted by atomic mass is 16.5. The first-order valence-corrected chi connectivity index (χ1v) is 9.43. The number of fused-ring (bicyclic) bond motifs is 1. The number of pyridine rings is 1. The third-order valence-electron chi connectivity index (χ3n) is 5.25. The second-order valence-corrected chi connectivity index (χ2v) is 7.06. The monoisotopic (exact) mass is 364 g/mol. The number of para-hydroxylation sites is 2. The van der Waals surface area contributed by atoms with Crippen LogP contribution in [0.2, 0.25) is 0 Å². The first-order valence-electron chi connectivity index (χ1n) is 9.43. The molecule has 3 heterocycles. The number of aryl methyl sites for hydroxylation is 1. The van der Waals surface area contributed by atoms with Crippen molar-refractivity contribution in [2.75, 3.05) is 19.7 Å². The van der Waals surface area contributed by atoms with Crippen LogP contribution in [0.1, 0.15) is 18.7 Å². The first kappa shape index (κ1) is 17.5. The number of hydrogen-bond acceptors (Lipinski definition) is 4. The molecule has 2 aromatic heterocycles. The third-order valence-corrected chi connectivity index (χ3v) is 5.25. The number of imidazole rings is 1. The van der Waals surface area contributed by atoms with Gasteiger partial charge < -0.3 is 14.2 Å². The van der Waals surface area contributed by atoms with Crippen molar-refractivity contribution in [3.05, 3.63) is 54.6 Å². The number of ether oxygens (including phenoxy) is 1. The van der Waals surface area contributed by atoms with Gasteiger partial charge in [-0.05, 0) is 49.9 Å². The summed E-state index contributed by atoms with van der Waals surface area (Å²) in [6.07, 6.45) is 5.32. The Morgan fingerprint density at radius 3 is 2.78 bits per heavy atom. The molecule has 1 saturated heterocycles. The van der Waals surface area contributed by atoms with E-state index < -0.39 is 0 Å². The summed E-state index contributed by atoms with van der Waals surface area (Å²) in [7, 11) is 0. The Hall–Kier alpha value is -2.89. The summed E-state index contributed by atoms with van der Waals surface area (Å²) >= 11 is 0. The summed E-state index contributed by atoms with van der Waals surface area (Å²) in [5.74, 6) is 2.29. The summed E-state index contributed by atoms with van der Waals surface area (Å²) in [5, 5.41) is 0. The van der Waals surface area contributed by atoms with Gasteiger partial charge in [0.15, 0.2) is 6.61 Å². The van der Waals surface area contributed by atoms with Crippen molar-refractivity contribution in [3.63, 3.8) is 0 Å². The zero-order valence-electron chi connectivity index (χ0n) is 15.5. The summed E-state index contributed by atoms with van der Waals surface area (Å²) in [6.45, 7) is 4.66. The van der Waals surface area contributed by atoms with Gasteiger partial charge in [0.2, 0.25) is 0 Å². The highest BCUT2D eigenvalue weighted by molar-refractivity contribution is 5.78. The van der Waals surface area contributed by atoms with Crippen LogP contribution in [-0.4, -0.2) is 45.0 Å². The maximum atomic E-state index is 12.4. The van der Waals surface area contributed by atoms with E-state index in [9.17, 15) is 4.79 Å². The van der Waals surface area contributed by atoms with Crippen LogP contribution in [0.25, 0.3) is 11.0 Å². The number of amides is 1. The normalized spacial score (nSPS) is 15.2. The average molecular weight is 364 g/mol. The number of carbonyl (C=O) groups is 1. The highest BCUT2D eigenvalue weighted by Crippen LogP contribution is 2.23. The fourth-order valence-corrected chi connectivity index (χ4v) is 3.72. The Labute approximate surface area is 158 Å². The van der Waals surface area contributed by atoms with Gasteiger partial charge in [0.05, 0.1) is 17.2 Å². The van der Waals surface area contributed by atoms with Gasteiger partial charge in [0.1, 0.15) is 11.6 Å². The highest BCUT2D eigenvalue weighted by Gasteiger charge is 2.24. The number of aromatic nitrogens is 3. The smallest absolute Gasteiger partial charge is 0.260 e. The minimum Gasteiger partial charge on any atom is -0.482 e. The third kappa shape index (κ3) is 3.94. The van der Waals surface area contributed by atoms with E-state index in [1.807, 2.05) is 17.0 Å². The zero-order chi connectivity index (χ0) is 18.6. The lowest BCUT2D eigenvalue weighted by atomic mass is 9.96. The molecule has 0 saturated carbocycles. The lowest BCUT2D eigenvalue weighted by Gasteiger charge is -2.32. The maximum Gasteiger partial charge on any atom is 0.260 e. The predicted molar refractivity (Wildman–Crippen MR) is 104 cm³/mol. The van der Waals surface area contributed by atoms with E-state index in [0.29, 0.717) is 11.7 Å². The molecule has 6 heteroatoms. The molecule has 1 aliphatic heterocycles. The van der Waals surface area contributed by atoms with Crippen molar-refractivity contribution < 1.29 is 9.53 Å². The number of nitrogens with zero attached hydrogens (tertiary/aromatic N) is 4. The van der Waals surface area contributed by atoms with E-state index in [0.717, 1.165) is 43.8 Å². The molecule has 1 aliphatic rings. The van der Waals surface area contributed by atoms with Crippen LogP contribution in [-0.2, 0) is 11.3 Å². The fourth-order valence-electron chi connectivity index (χ4n) is 3.72.